The Balaban J connectivity index is 1.93. The highest BCUT2D eigenvalue weighted by molar-refractivity contribution is 6.14. The van der Waals surface area contributed by atoms with Gasteiger partial charge in [-0.05, 0) is 44.7 Å². The summed E-state index contributed by atoms with van der Waals surface area (Å²) in [6.07, 6.45) is 2.00. The van der Waals surface area contributed by atoms with E-state index in [9.17, 15) is 14.3 Å². The van der Waals surface area contributed by atoms with E-state index in [4.69, 9.17) is 11.1 Å². The molecule has 2 aromatic rings. The molecule has 2 unspecified atom stereocenters. The maximum Gasteiger partial charge on any atom is 0.253 e. The number of aliphatic hydroxyl groups excluding tert-OH is 1. The van der Waals surface area contributed by atoms with E-state index >= 15 is 0 Å². The fourth-order valence-corrected chi connectivity index (χ4v) is 2.65. The maximum atomic E-state index is 13.0. The molecule has 1 aromatic heterocycles. The van der Waals surface area contributed by atoms with E-state index in [0.29, 0.717) is 17.7 Å². The van der Waals surface area contributed by atoms with Crippen LogP contribution in [0.5, 0.6) is 0 Å². The molecule has 30 heavy (non-hydrogen) atoms. The van der Waals surface area contributed by atoms with Crippen LogP contribution in [0.25, 0.3) is 0 Å². The van der Waals surface area contributed by atoms with E-state index in [1.165, 1.54) is 23.2 Å². The number of amides is 1. The Labute approximate surface area is 174 Å². The van der Waals surface area contributed by atoms with Crippen LogP contribution in [0, 0.1) is 18.2 Å². The Bertz CT molecular complexity index is 889. The number of halogens is 1. The van der Waals surface area contributed by atoms with Gasteiger partial charge < -0.3 is 21.6 Å². The largest absolute Gasteiger partial charge is 0.372 e. The monoisotopic (exact) mass is 415 g/mol. The Morgan fingerprint density at radius 2 is 2.20 bits per heavy atom. The van der Waals surface area contributed by atoms with Crippen molar-refractivity contribution in [1.29, 1.82) is 5.41 Å². The molecule has 0 spiro atoms. The van der Waals surface area contributed by atoms with Crippen molar-refractivity contribution in [2.75, 3.05) is 19.0 Å². The van der Waals surface area contributed by atoms with Gasteiger partial charge in [-0.2, -0.15) is 5.10 Å². The van der Waals surface area contributed by atoms with Crippen molar-refractivity contribution in [3.63, 3.8) is 0 Å². The predicted molar refractivity (Wildman–Crippen MR) is 114 cm³/mol. The predicted octanol–water partition coefficient (Wildman–Crippen LogP) is 1.60. The number of anilines is 1. The Morgan fingerprint density at radius 1 is 1.43 bits per heavy atom. The minimum atomic E-state index is -1.10. The third-order valence-corrected chi connectivity index (χ3v) is 4.40. The van der Waals surface area contributed by atoms with Gasteiger partial charge in [-0.3, -0.25) is 20.1 Å². The van der Waals surface area contributed by atoms with Crippen LogP contribution in [0.4, 0.5) is 10.1 Å². The van der Waals surface area contributed by atoms with Crippen molar-refractivity contribution in [1.82, 2.24) is 15.2 Å². The average molecular weight is 415 g/mol. The third kappa shape index (κ3) is 6.41. The van der Waals surface area contributed by atoms with Crippen molar-refractivity contribution in [2.24, 2.45) is 10.8 Å². The number of aryl methyl sites for hydroxylation is 1. The van der Waals surface area contributed by atoms with Gasteiger partial charge in [0.1, 0.15) is 5.82 Å². The minimum Gasteiger partial charge on any atom is -0.372 e. The second kappa shape index (κ2) is 11.1. The quantitative estimate of drug-likeness (QED) is 0.227. The summed E-state index contributed by atoms with van der Waals surface area (Å²) in [5.41, 5.74) is 10.9. The number of carbonyl (C=O) groups excluding carboxylic acids is 1. The summed E-state index contributed by atoms with van der Waals surface area (Å²) in [6.45, 7) is 2.14. The molecular weight excluding hydrogens is 389 g/mol. The van der Waals surface area contributed by atoms with Gasteiger partial charge >= 0.3 is 0 Å². The minimum absolute atomic E-state index is 0.269. The van der Waals surface area contributed by atoms with Gasteiger partial charge in [0.2, 0.25) is 0 Å². The SMILES string of the molecule is Cc1ccc(N/N=C\C=N)c(C(=O)NCCC(N)N(C)C(O)c2ccc(F)cn2)c1. The molecule has 1 heterocycles. The first-order valence-corrected chi connectivity index (χ1v) is 9.27. The Kier molecular flexibility index (Phi) is 8.54. The zero-order chi connectivity index (χ0) is 22.1. The number of nitrogens with zero attached hydrogens (tertiary/aromatic N) is 3. The number of benzene rings is 1. The van der Waals surface area contributed by atoms with Gasteiger partial charge in [0.05, 0.1) is 35.5 Å². The fraction of sp³-hybridized carbons (Fsp3) is 0.300. The molecule has 0 aliphatic carbocycles. The Morgan fingerprint density at radius 3 is 2.87 bits per heavy atom. The molecule has 9 nitrogen and oxygen atoms in total. The number of hydrogen-bond acceptors (Lipinski definition) is 8. The highest BCUT2D eigenvalue weighted by atomic mass is 19.1. The van der Waals surface area contributed by atoms with Crippen LogP contribution in [-0.4, -0.2) is 53.1 Å². The molecule has 0 saturated carbocycles. The summed E-state index contributed by atoms with van der Waals surface area (Å²) in [7, 11) is 1.62. The van der Waals surface area contributed by atoms with Crippen LogP contribution < -0.4 is 16.5 Å². The van der Waals surface area contributed by atoms with Crippen LogP contribution in [0.1, 0.15) is 34.3 Å². The van der Waals surface area contributed by atoms with Crippen molar-refractivity contribution in [3.8, 4) is 0 Å². The second-order valence-electron chi connectivity index (χ2n) is 6.66. The number of rotatable bonds is 10. The molecule has 6 N–H and O–H groups in total. The molecule has 1 aromatic carbocycles. The third-order valence-electron chi connectivity index (χ3n) is 4.40. The average Bonchev–Trinajstić information content (AvgIpc) is 2.74. The number of aromatic nitrogens is 1. The first kappa shape index (κ1) is 23.1. The zero-order valence-electron chi connectivity index (χ0n) is 16.8. The van der Waals surface area contributed by atoms with Crippen LogP contribution in [0.15, 0.2) is 41.6 Å². The lowest BCUT2D eigenvalue weighted by Crippen LogP contribution is -2.44. The summed E-state index contributed by atoms with van der Waals surface area (Å²) >= 11 is 0. The molecule has 0 fully saturated rings. The molecular formula is C20H26FN7O2. The smallest absolute Gasteiger partial charge is 0.253 e. The number of hydrazone groups is 1. The lowest BCUT2D eigenvalue weighted by Gasteiger charge is -2.29. The van der Waals surface area contributed by atoms with E-state index in [1.54, 1.807) is 19.2 Å². The molecule has 0 bridgehead atoms. The molecule has 0 aliphatic rings. The van der Waals surface area contributed by atoms with Crippen LogP contribution >= 0.6 is 0 Å². The molecule has 1 amide bonds. The van der Waals surface area contributed by atoms with E-state index in [2.05, 4.69) is 20.8 Å². The first-order chi connectivity index (χ1) is 14.3. The van der Waals surface area contributed by atoms with Gasteiger partial charge in [0, 0.05) is 12.8 Å². The lowest BCUT2D eigenvalue weighted by molar-refractivity contribution is -0.0117. The van der Waals surface area contributed by atoms with Gasteiger partial charge in [-0.1, -0.05) is 11.6 Å². The van der Waals surface area contributed by atoms with Crippen molar-refractivity contribution >= 4 is 24.0 Å². The number of carbonyl (C=O) groups is 1. The van der Waals surface area contributed by atoms with Crippen LogP contribution in [0.2, 0.25) is 0 Å². The number of nitrogens with one attached hydrogen (secondary N) is 3. The molecule has 160 valence electrons. The number of pyridine rings is 1. The van der Waals surface area contributed by atoms with Gasteiger partial charge in [0.25, 0.3) is 5.91 Å². The maximum absolute atomic E-state index is 13.0. The molecule has 0 saturated heterocycles. The molecule has 0 aliphatic heterocycles. The number of nitrogens with two attached hydrogens (primary N) is 1. The van der Waals surface area contributed by atoms with Gasteiger partial charge in [-0.25, -0.2) is 4.39 Å². The summed E-state index contributed by atoms with van der Waals surface area (Å²) in [4.78, 5) is 17.9. The molecule has 2 atom stereocenters. The summed E-state index contributed by atoms with van der Waals surface area (Å²) in [6, 6.07) is 7.91. The topological polar surface area (TPSA) is 140 Å². The Hall–Kier alpha value is -3.21. The number of aliphatic hydroxyl groups is 1. The van der Waals surface area contributed by atoms with Crippen molar-refractivity contribution in [2.45, 2.75) is 25.7 Å². The molecule has 10 heteroatoms. The highest BCUT2D eigenvalue weighted by Gasteiger charge is 2.21. The zero-order valence-corrected chi connectivity index (χ0v) is 16.8. The van der Waals surface area contributed by atoms with Crippen molar-refractivity contribution in [3.05, 3.63) is 59.2 Å². The van der Waals surface area contributed by atoms with E-state index in [-0.39, 0.29) is 18.1 Å². The molecule has 0 radical (unpaired) electrons. The molecule has 2 rings (SSSR count). The highest BCUT2D eigenvalue weighted by Crippen LogP contribution is 2.18. The standard InChI is InChI=1S/C20H26FN7O2/c1-13-3-5-16(27-26-10-8-22)15(11-13)19(29)24-9-7-18(23)28(2)20(30)17-6-4-14(21)12-25-17/h3-6,8,10-12,18,20,22,27,30H,7,9,23H2,1-2H3,(H,24,29)/b22-8?,26-10-. The van der Waals surface area contributed by atoms with Crippen molar-refractivity contribution < 1.29 is 14.3 Å². The van der Waals surface area contributed by atoms with Gasteiger partial charge in [0.15, 0.2) is 6.23 Å². The second-order valence-corrected chi connectivity index (χ2v) is 6.66. The lowest BCUT2D eigenvalue weighted by atomic mass is 10.1. The van der Waals surface area contributed by atoms with E-state index < -0.39 is 18.2 Å². The van der Waals surface area contributed by atoms with E-state index in [0.717, 1.165) is 18.0 Å². The van der Waals surface area contributed by atoms with Crippen LogP contribution in [0.3, 0.4) is 0 Å². The summed E-state index contributed by atoms with van der Waals surface area (Å²) in [5.74, 6) is -0.795. The first-order valence-electron chi connectivity index (χ1n) is 9.27. The summed E-state index contributed by atoms with van der Waals surface area (Å²) in [5, 5.41) is 23.9. The number of hydrogen-bond donors (Lipinski definition) is 5. The van der Waals surface area contributed by atoms with Gasteiger partial charge in [-0.15, -0.1) is 0 Å². The van der Waals surface area contributed by atoms with E-state index in [1.807, 2.05) is 13.0 Å². The van der Waals surface area contributed by atoms with Crippen LogP contribution in [-0.2, 0) is 0 Å². The fourth-order valence-electron chi connectivity index (χ4n) is 2.65. The normalized spacial score (nSPS) is 13.3. The summed E-state index contributed by atoms with van der Waals surface area (Å²) < 4.78 is 13.0.